The Morgan fingerprint density at radius 3 is 2.43 bits per heavy atom. The molecule has 2 N–H and O–H groups in total. The summed E-state index contributed by atoms with van der Waals surface area (Å²) < 4.78 is 13.0. The monoisotopic (exact) mass is 382 g/mol. The molecule has 0 aliphatic carbocycles. The summed E-state index contributed by atoms with van der Waals surface area (Å²) >= 11 is 0. The van der Waals surface area contributed by atoms with Crippen LogP contribution in [0.4, 0.5) is 21.5 Å². The van der Waals surface area contributed by atoms with Crippen molar-refractivity contribution in [2.45, 2.75) is 6.42 Å². The zero-order chi connectivity index (χ0) is 19.7. The summed E-state index contributed by atoms with van der Waals surface area (Å²) in [7, 11) is 0. The van der Waals surface area contributed by atoms with Crippen LogP contribution in [0.3, 0.4) is 0 Å². The average molecular weight is 382 g/mol. The van der Waals surface area contributed by atoms with Crippen LogP contribution in [-0.2, 0) is 20.8 Å². The molecule has 0 spiro atoms. The molecule has 8 heteroatoms. The van der Waals surface area contributed by atoms with E-state index in [1.807, 2.05) is 4.90 Å². The highest BCUT2D eigenvalue weighted by atomic mass is 19.1. The van der Waals surface area contributed by atoms with E-state index in [0.29, 0.717) is 44.0 Å². The van der Waals surface area contributed by atoms with E-state index in [1.165, 1.54) is 17.0 Å². The molecule has 2 heterocycles. The van der Waals surface area contributed by atoms with Crippen molar-refractivity contribution in [1.29, 1.82) is 0 Å². The van der Waals surface area contributed by atoms with Gasteiger partial charge in [0.2, 0.25) is 5.91 Å². The largest absolute Gasteiger partial charge is 0.368 e. The molecular formula is C20H19FN4O3. The fourth-order valence-corrected chi connectivity index (χ4v) is 3.44. The number of amides is 3. The van der Waals surface area contributed by atoms with Gasteiger partial charge in [0.05, 0.1) is 6.42 Å². The lowest BCUT2D eigenvalue weighted by atomic mass is 10.1. The van der Waals surface area contributed by atoms with E-state index >= 15 is 0 Å². The predicted octanol–water partition coefficient (Wildman–Crippen LogP) is 1.61. The number of hydrogen-bond acceptors (Lipinski definition) is 4. The van der Waals surface area contributed by atoms with Gasteiger partial charge < -0.3 is 20.4 Å². The first-order valence-electron chi connectivity index (χ1n) is 9.03. The number of carbonyl (C=O) groups excluding carboxylic acids is 3. The average Bonchev–Trinajstić information content (AvgIpc) is 3.07. The Kier molecular flexibility index (Phi) is 4.68. The van der Waals surface area contributed by atoms with Gasteiger partial charge in [0.25, 0.3) is 0 Å². The molecule has 0 radical (unpaired) electrons. The van der Waals surface area contributed by atoms with Gasteiger partial charge in [0, 0.05) is 43.2 Å². The van der Waals surface area contributed by atoms with Crippen molar-refractivity contribution in [3.05, 3.63) is 53.8 Å². The number of hydrogen-bond donors (Lipinski definition) is 2. The zero-order valence-electron chi connectivity index (χ0n) is 15.1. The highest BCUT2D eigenvalue weighted by Crippen LogP contribution is 2.26. The highest BCUT2D eigenvalue weighted by molar-refractivity contribution is 6.39. The number of anilines is 3. The molecule has 2 aromatic rings. The van der Waals surface area contributed by atoms with Crippen LogP contribution in [0.5, 0.6) is 0 Å². The molecule has 0 unspecified atom stereocenters. The molecule has 0 aromatic heterocycles. The summed E-state index contributed by atoms with van der Waals surface area (Å²) in [6.45, 7) is 1.94. The minimum absolute atomic E-state index is 0.0893. The second-order valence-corrected chi connectivity index (χ2v) is 6.81. The summed E-state index contributed by atoms with van der Waals surface area (Å²) in [5.41, 5.74) is 2.87. The molecule has 144 valence electrons. The van der Waals surface area contributed by atoms with E-state index < -0.39 is 11.8 Å². The predicted molar refractivity (Wildman–Crippen MR) is 103 cm³/mol. The van der Waals surface area contributed by atoms with Crippen LogP contribution in [-0.4, -0.2) is 48.8 Å². The van der Waals surface area contributed by atoms with E-state index in [0.717, 1.165) is 11.3 Å². The van der Waals surface area contributed by atoms with Gasteiger partial charge in [0.1, 0.15) is 5.82 Å². The fraction of sp³-hybridized carbons (Fsp3) is 0.250. The summed E-state index contributed by atoms with van der Waals surface area (Å²) in [5, 5.41) is 5.31. The quantitative estimate of drug-likeness (QED) is 0.774. The van der Waals surface area contributed by atoms with Gasteiger partial charge in [0.15, 0.2) is 0 Å². The van der Waals surface area contributed by atoms with Gasteiger partial charge in [-0.15, -0.1) is 0 Å². The molecular weight excluding hydrogens is 363 g/mol. The molecule has 7 nitrogen and oxygen atoms in total. The van der Waals surface area contributed by atoms with Crippen LogP contribution in [0.25, 0.3) is 0 Å². The van der Waals surface area contributed by atoms with Crippen molar-refractivity contribution in [2.24, 2.45) is 0 Å². The maximum Gasteiger partial charge on any atom is 0.313 e. The first kappa shape index (κ1) is 18.0. The number of rotatable bonds is 2. The summed E-state index contributed by atoms with van der Waals surface area (Å²) in [5.74, 6) is -1.68. The van der Waals surface area contributed by atoms with Gasteiger partial charge in [-0.2, -0.15) is 0 Å². The molecule has 1 fully saturated rings. The Morgan fingerprint density at radius 2 is 1.71 bits per heavy atom. The van der Waals surface area contributed by atoms with Crippen molar-refractivity contribution in [3.63, 3.8) is 0 Å². The summed E-state index contributed by atoms with van der Waals surface area (Å²) in [6.07, 6.45) is 0.320. The Balaban J connectivity index is 1.34. The summed E-state index contributed by atoms with van der Waals surface area (Å²) in [4.78, 5) is 39.7. The lowest BCUT2D eigenvalue weighted by molar-refractivity contribution is -0.143. The lowest BCUT2D eigenvalue weighted by Crippen LogP contribution is -2.51. The van der Waals surface area contributed by atoms with E-state index in [4.69, 9.17) is 0 Å². The Bertz CT molecular complexity index is 937. The number of fused-ring (bicyclic) bond motifs is 1. The van der Waals surface area contributed by atoms with Crippen LogP contribution >= 0.6 is 0 Å². The molecule has 2 aliphatic heterocycles. The van der Waals surface area contributed by atoms with Gasteiger partial charge in [-0.1, -0.05) is 6.07 Å². The van der Waals surface area contributed by atoms with Crippen LogP contribution in [0.15, 0.2) is 42.5 Å². The van der Waals surface area contributed by atoms with E-state index in [9.17, 15) is 18.8 Å². The Hall–Kier alpha value is -3.42. The standard InChI is InChI=1S/C20H19FN4O3/c21-14-2-5-16(6-3-14)24-7-9-25(10-8-24)20(28)19(27)22-15-4-1-13-11-18(26)23-17(13)12-15/h1-6,12H,7-11H2,(H,22,27)(H,23,26). The van der Waals surface area contributed by atoms with Crippen molar-refractivity contribution >= 4 is 34.8 Å². The van der Waals surface area contributed by atoms with Crippen molar-refractivity contribution in [1.82, 2.24) is 4.90 Å². The van der Waals surface area contributed by atoms with Crippen LogP contribution in [0, 0.1) is 5.82 Å². The van der Waals surface area contributed by atoms with E-state index in [-0.39, 0.29) is 11.7 Å². The first-order valence-corrected chi connectivity index (χ1v) is 9.03. The molecule has 28 heavy (non-hydrogen) atoms. The topological polar surface area (TPSA) is 81.8 Å². The molecule has 1 saturated heterocycles. The normalized spacial score (nSPS) is 15.8. The van der Waals surface area contributed by atoms with Crippen LogP contribution in [0.1, 0.15) is 5.56 Å². The smallest absolute Gasteiger partial charge is 0.313 e. The second-order valence-electron chi connectivity index (χ2n) is 6.81. The fourth-order valence-electron chi connectivity index (χ4n) is 3.44. The van der Waals surface area contributed by atoms with Crippen molar-refractivity contribution < 1.29 is 18.8 Å². The molecule has 2 aromatic carbocycles. The lowest BCUT2D eigenvalue weighted by Gasteiger charge is -2.35. The second kappa shape index (κ2) is 7.30. The molecule has 4 rings (SSSR count). The van der Waals surface area contributed by atoms with Crippen molar-refractivity contribution in [2.75, 3.05) is 41.7 Å². The number of carbonyl (C=O) groups is 3. The third-order valence-corrected chi connectivity index (χ3v) is 4.95. The molecule has 2 aliphatic rings. The highest BCUT2D eigenvalue weighted by Gasteiger charge is 2.26. The van der Waals surface area contributed by atoms with Crippen molar-refractivity contribution in [3.8, 4) is 0 Å². The van der Waals surface area contributed by atoms with E-state index in [1.54, 1.807) is 30.3 Å². The van der Waals surface area contributed by atoms with E-state index in [2.05, 4.69) is 10.6 Å². The molecule has 0 atom stereocenters. The minimum Gasteiger partial charge on any atom is -0.368 e. The zero-order valence-corrected chi connectivity index (χ0v) is 15.1. The van der Waals surface area contributed by atoms with Crippen LogP contribution < -0.4 is 15.5 Å². The SMILES string of the molecule is O=C1Cc2ccc(NC(=O)C(=O)N3CCN(c4ccc(F)cc4)CC3)cc2N1. The Morgan fingerprint density at radius 1 is 1.00 bits per heavy atom. The number of nitrogens with one attached hydrogen (secondary N) is 2. The van der Waals surface area contributed by atoms with Gasteiger partial charge in [-0.05, 0) is 42.0 Å². The number of nitrogens with zero attached hydrogens (tertiary/aromatic N) is 2. The molecule has 0 saturated carbocycles. The Labute approximate surface area is 161 Å². The molecule has 3 amide bonds. The van der Waals surface area contributed by atoms with Crippen LogP contribution in [0.2, 0.25) is 0 Å². The van der Waals surface area contributed by atoms with Gasteiger partial charge >= 0.3 is 11.8 Å². The van der Waals surface area contributed by atoms with Gasteiger partial charge in [-0.3, -0.25) is 14.4 Å². The minimum atomic E-state index is -0.709. The maximum atomic E-state index is 13.0. The number of benzene rings is 2. The first-order chi connectivity index (χ1) is 13.5. The maximum absolute atomic E-state index is 13.0. The third-order valence-electron chi connectivity index (χ3n) is 4.95. The third kappa shape index (κ3) is 3.66. The molecule has 0 bridgehead atoms. The number of piperazine rings is 1. The van der Waals surface area contributed by atoms with Gasteiger partial charge in [-0.25, -0.2) is 4.39 Å². The summed E-state index contributed by atoms with van der Waals surface area (Å²) in [6, 6.07) is 11.3. The number of halogens is 1.